The zero-order valence-corrected chi connectivity index (χ0v) is 7.08. The number of rotatable bonds is 5. The van der Waals surface area contributed by atoms with Crippen LogP contribution in [0.25, 0.3) is 0 Å². The molecular formula is C8H14N2O2. The summed E-state index contributed by atoms with van der Waals surface area (Å²) in [6.07, 6.45) is 5.20. The van der Waals surface area contributed by atoms with Crippen molar-refractivity contribution in [3.8, 4) is 0 Å². The molecular weight excluding hydrogens is 156 g/mol. The molecule has 0 saturated heterocycles. The molecule has 4 N–H and O–H groups in total. The van der Waals surface area contributed by atoms with Crippen LogP contribution in [-0.2, 0) is 4.84 Å². The van der Waals surface area contributed by atoms with Crippen LogP contribution in [0.2, 0.25) is 0 Å². The Morgan fingerprint density at radius 1 is 1.67 bits per heavy atom. The van der Waals surface area contributed by atoms with Crippen molar-refractivity contribution in [3.05, 3.63) is 36.1 Å². The fraction of sp³-hybridized carbons (Fsp3) is 0.250. The number of nitrogens with one attached hydrogen (secondary N) is 1. The van der Waals surface area contributed by atoms with Gasteiger partial charge in [-0.1, -0.05) is 24.4 Å². The standard InChI is InChI=1S/C8H14N2O2/c1-3-8(9)5-4-7(2)6-12-10-11/h3-5,10-11H,2,6,9H2,1H3/b5-4-,8-3+. The lowest BCUT2D eigenvalue weighted by atomic mass is 10.2. The molecule has 0 fully saturated rings. The summed E-state index contributed by atoms with van der Waals surface area (Å²) >= 11 is 0. The van der Waals surface area contributed by atoms with Gasteiger partial charge >= 0.3 is 0 Å². The van der Waals surface area contributed by atoms with Crippen LogP contribution in [0.3, 0.4) is 0 Å². The topological polar surface area (TPSA) is 67.5 Å². The average Bonchev–Trinajstić information content (AvgIpc) is 2.10. The van der Waals surface area contributed by atoms with Crippen LogP contribution < -0.4 is 11.4 Å². The van der Waals surface area contributed by atoms with Crippen molar-refractivity contribution in [2.24, 2.45) is 5.73 Å². The lowest BCUT2D eigenvalue weighted by molar-refractivity contribution is -0.118. The molecule has 4 heteroatoms. The van der Waals surface area contributed by atoms with E-state index in [0.29, 0.717) is 11.3 Å². The summed E-state index contributed by atoms with van der Waals surface area (Å²) in [6.45, 7) is 5.71. The molecule has 0 aromatic heterocycles. The van der Waals surface area contributed by atoms with E-state index in [9.17, 15) is 0 Å². The van der Waals surface area contributed by atoms with Crippen LogP contribution in [0.4, 0.5) is 0 Å². The van der Waals surface area contributed by atoms with Crippen molar-refractivity contribution in [2.75, 3.05) is 6.61 Å². The molecule has 68 valence electrons. The van der Waals surface area contributed by atoms with E-state index in [2.05, 4.69) is 11.4 Å². The highest BCUT2D eigenvalue weighted by Gasteiger charge is 1.87. The second kappa shape index (κ2) is 6.60. The molecule has 0 spiro atoms. The molecule has 0 heterocycles. The van der Waals surface area contributed by atoms with Crippen LogP contribution in [0, 0.1) is 0 Å². The minimum absolute atomic E-state index is 0.212. The smallest absolute Gasteiger partial charge is 0.0954 e. The minimum Gasteiger partial charge on any atom is -0.399 e. The van der Waals surface area contributed by atoms with Gasteiger partial charge in [-0.05, 0) is 18.6 Å². The molecule has 0 amide bonds. The fourth-order valence-electron chi connectivity index (χ4n) is 0.483. The van der Waals surface area contributed by atoms with Crippen molar-refractivity contribution < 1.29 is 10.0 Å². The second-order valence-corrected chi connectivity index (χ2v) is 2.16. The Labute approximate surface area is 71.9 Å². The number of nitrogens with two attached hydrogens (primary N) is 1. The molecule has 0 aliphatic heterocycles. The highest BCUT2D eigenvalue weighted by atomic mass is 16.8. The predicted molar refractivity (Wildman–Crippen MR) is 47.1 cm³/mol. The maximum Gasteiger partial charge on any atom is 0.0954 e. The van der Waals surface area contributed by atoms with E-state index in [1.807, 2.05) is 6.92 Å². The van der Waals surface area contributed by atoms with Crippen LogP contribution in [0.1, 0.15) is 6.92 Å². The van der Waals surface area contributed by atoms with E-state index in [4.69, 9.17) is 10.9 Å². The lowest BCUT2D eigenvalue weighted by Gasteiger charge is -1.98. The number of hydrogen-bond donors (Lipinski definition) is 3. The maximum absolute atomic E-state index is 8.07. The van der Waals surface area contributed by atoms with Crippen molar-refractivity contribution in [3.63, 3.8) is 0 Å². The highest BCUT2D eigenvalue weighted by molar-refractivity contribution is 5.23. The van der Waals surface area contributed by atoms with Crippen molar-refractivity contribution in [2.45, 2.75) is 6.92 Å². The first-order chi connectivity index (χ1) is 5.70. The third-order valence-corrected chi connectivity index (χ3v) is 1.17. The molecule has 4 nitrogen and oxygen atoms in total. The van der Waals surface area contributed by atoms with Gasteiger partial charge in [-0.15, -0.1) is 0 Å². The van der Waals surface area contributed by atoms with Gasteiger partial charge in [0, 0.05) is 5.70 Å². The maximum atomic E-state index is 8.07. The Bertz CT molecular complexity index is 197. The first-order valence-corrected chi connectivity index (χ1v) is 3.49. The Hall–Kier alpha value is -1.10. The van der Waals surface area contributed by atoms with Crippen LogP contribution in [0.5, 0.6) is 0 Å². The summed E-state index contributed by atoms with van der Waals surface area (Å²) in [5.41, 5.74) is 8.41. The van der Waals surface area contributed by atoms with E-state index in [-0.39, 0.29) is 6.61 Å². The zero-order valence-electron chi connectivity index (χ0n) is 7.08. The van der Waals surface area contributed by atoms with Gasteiger partial charge in [0.2, 0.25) is 0 Å². The summed E-state index contributed by atoms with van der Waals surface area (Å²) in [5, 5.41) is 8.07. The van der Waals surface area contributed by atoms with Crippen LogP contribution >= 0.6 is 0 Å². The van der Waals surface area contributed by atoms with Crippen molar-refractivity contribution in [1.82, 2.24) is 5.64 Å². The van der Waals surface area contributed by atoms with Gasteiger partial charge in [-0.2, -0.15) is 0 Å². The summed E-state index contributed by atoms with van der Waals surface area (Å²) in [6, 6.07) is 0. The minimum atomic E-state index is 0.212. The molecule has 0 saturated carbocycles. The molecule has 12 heavy (non-hydrogen) atoms. The monoisotopic (exact) mass is 170 g/mol. The zero-order chi connectivity index (χ0) is 9.40. The Morgan fingerprint density at radius 3 is 2.83 bits per heavy atom. The van der Waals surface area contributed by atoms with Gasteiger partial charge < -0.3 is 5.73 Å². The van der Waals surface area contributed by atoms with Gasteiger partial charge in [-0.25, -0.2) is 0 Å². The van der Waals surface area contributed by atoms with Crippen molar-refractivity contribution in [1.29, 1.82) is 0 Å². The van der Waals surface area contributed by atoms with E-state index < -0.39 is 0 Å². The van der Waals surface area contributed by atoms with Gasteiger partial charge in [0.15, 0.2) is 0 Å². The summed E-state index contributed by atoms with van der Waals surface area (Å²) in [5.74, 6) is 0. The molecule has 0 bridgehead atoms. The molecule has 0 aliphatic carbocycles. The Balaban J connectivity index is 3.76. The van der Waals surface area contributed by atoms with E-state index >= 15 is 0 Å². The van der Waals surface area contributed by atoms with Gasteiger partial charge in [0.1, 0.15) is 0 Å². The largest absolute Gasteiger partial charge is 0.399 e. The predicted octanol–water partition coefficient (Wildman–Crippen LogP) is 0.872. The molecule has 0 rings (SSSR count). The van der Waals surface area contributed by atoms with Gasteiger partial charge in [0.05, 0.1) is 6.61 Å². The lowest BCUT2D eigenvalue weighted by Crippen LogP contribution is -2.09. The summed E-state index contributed by atoms with van der Waals surface area (Å²) < 4.78 is 0. The highest BCUT2D eigenvalue weighted by Crippen LogP contribution is 1.95. The van der Waals surface area contributed by atoms with Crippen LogP contribution in [-0.4, -0.2) is 11.8 Å². The molecule has 0 unspecified atom stereocenters. The molecule has 0 radical (unpaired) electrons. The number of hydrogen-bond acceptors (Lipinski definition) is 4. The first-order valence-electron chi connectivity index (χ1n) is 3.49. The van der Waals surface area contributed by atoms with E-state index in [1.165, 1.54) is 0 Å². The van der Waals surface area contributed by atoms with Crippen LogP contribution in [0.15, 0.2) is 36.1 Å². The molecule has 0 aliphatic rings. The Kier molecular flexibility index (Phi) is 6.00. The summed E-state index contributed by atoms with van der Waals surface area (Å²) in [4.78, 5) is 4.46. The number of allylic oxidation sites excluding steroid dienone is 2. The normalized spacial score (nSPS) is 12.3. The van der Waals surface area contributed by atoms with Crippen molar-refractivity contribution >= 4 is 0 Å². The fourth-order valence-corrected chi connectivity index (χ4v) is 0.483. The SMILES string of the molecule is C=C(/C=C\C(N)=C/C)CONO. The average molecular weight is 170 g/mol. The molecule has 0 aromatic rings. The third kappa shape index (κ3) is 5.67. The van der Waals surface area contributed by atoms with Gasteiger partial charge in [0.25, 0.3) is 0 Å². The van der Waals surface area contributed by atoms with E-state index in [0.717, 1.165) is 0 Å². The summed E-state index contributed by atoms with van der Waals surface area (Å²) in [7, 11) is 0. The van der Waals surface area contributed by atoms with E-state index in [1.54, 1.807) is 23.9 Å². The Morgan fingerprint density at radius 2 is 2.33 bits per heavy atom. The quantitative estimate of drug-likeness (QED) is 0.423. The molecule has 0 atom stereocenters. The molecule has 0 aromatic carbocycles. The first kappa shape index (κ1) is 10.9. The van der Waals surface area contributed by atoms with Gasteiger partial charge in [-0.3, -0.25) is 10.0 Å². The third-order valence-electron chi connectivity index (χ3n) is 1.17. The second-order valence-electron chi connectivity index (χ2n) is 2.16.